The number of hydrogen-bond acceptors (Lipinski definition) is 4. The molecule has 2 aromatic heterocycles. The van der Waals surface area contributed by atoms with E-state index in [1.807, 2.05) is 4.90 Å². The highest BCUT2D eigenvalue weighted by Crippen LogP contribution is 2.34. The van der Waals surface area contributed by atoms with Crippen molar-refractivity contribution in [2.45, 2.75) is 32.0 Å². The smallest absolute Gasteiger partial charge is 0.356 e. The quantitative estimate of drug-likeness (QED) is 0.760. The molecule has 0 bridgehead atoms. The van der Waals surface area contributed by atoms with Crippen LogP contribution in [0.25, 0.3) is 10.9 Å². The number of rotatable bonds is 3. The zero-order chi connectivity index (χ0) is 19.2. The second-order valence-electron chi connectivity index (χ2n) is 6.68. The lowest BCUT2D eigenvalue weighted by Gasteiger charge is -2.23. The number of halogens is 3. The summed E-state index contributed by atoms with van der Waals surface area (Å²) in [6.07, 6.45) is 0.520. The molecule has 3 aromatic rings. The largest absolute Gasteiger partial charge is 0.416 e. The van der Waals surface area contributed by atoms with E-state index in [1.165, 1.54) is 17.0 Å². The summed E-state index contributed by atoms with van der Waals surface area (Å²) in [5.74, 6) is 0.451. The highest BCUT2D eigenvalue weighted by atomic mass is 19.4. The Morgan fingerprint density at radius 1 is 1.22 bits per heavy atom. The maximum atomic E-state index is 13.3. The van der Waals surface area contributed by atoms with Gasteiger partial charge in [-0.2, -0.15) is 18.2 Å². The fraction of sp³-hybridized carbons (Fsp3) is 0.389. The second kappa shape index (κ2) is 6.40. The summed E-state index contributed by atoms with van der Waals surface area (Å²) in [5.41, 5.74) is -0.621. The fourth-order valence-corrected chi connectivity index (χ4v) is 3.58. The number of aromatic amines is 1. The maximum Gasteiger partial charge on any atom is 0.416 e. The standard InChI is InChI=1S/C18H18F3N5O/c1-11(14-9-22-10-23-14)26-15-8-12(18(19,20)21)4-5-13(15)16(24-17(26)27)25-6-2-3-7-25/h4-5,8-11H,2-3,6-7H2,1H3,(H,22,23)/t11-/m1/s1. The Morgan fingerprint density at radius 2 is 1.96 bits per heavy atom. The van der Waals surface area contributed by atoms with E-state index < -0.39 is 23.5 Å². The highest BCUT2D eigenvalue weighted by Gasteiger charge is 2.32. The Bertz CT molecular complexity index is 1020. The van der Waals surface area contributed by atoms with Crippen LogP contribution in [0.5, 0.6) is 0 Å². The van der Waals surface area contributed by atoms with Gasteiger partial charge in [-0.25, -0.2) is 9.78 Å². The lowest BCUT2D eigenvalue weighted by molar-refractivity contribution is -0.137. The zero-order valence-corrected chi connectivity index (χ0v) is 14.6. The van der Waals surface area contributed by atoms with Gasteiger partial charge in [-0.1, -0.05) is 0 Å². The third-order valence-electron chi connectivity index (χ3n) is 4.97. The molecule has 142 valence electrons. The first-order valence-electron chi connectivity index (χ1n) is 8.73. The molecular weight excluding hydrogens is 359 g/mol. The molecule has 0 amide bonds. The van der Waals surface area contributed by atoms with E-state index in [0.717, 1.165) is 38.1 Å². The van der Waals surface area contributed by atoms with Gasteiger partial charge in [0.05, 0.1) is 29.1 Å². The van der Waals surface area contributed by atoms with Crippen LogP contribution in [0, 0.1) is 0 Å². The SMILES string of the molecule is C[C@H](c1c[nH]cn1)n1c(=O)nc(N2CCCC2)c2ccc(C(F)(F)F)cc21. The molecule has 27 heavy (non-hydrogen) atoms. The molecule has 9 heteroatoms. The molecular formula is C18H18F3N5O. The van der Waals surface area contributed by atoms with Crippen molar-refractivity contribution >= 4 is 16.7 Å². The first-order chi connectivity index (χ1) is 12.9. The van der Waals surface area contributed by atoms with Gasteiger partial charge >= 0.3 is 11.9 Å². The van der Waals surface area contributed by atoms with Gasteiger partial charge in [0.25, 0.3) is 0 Å². The monoisotopic (exact) mass is 377 g/mol. The van der Waals surface area contributed by atoms with Crippen LogP contribution in [-0.2, 0) is 6.18 Å². The van der Waals surface area contributed by atoms with Crippen molar-refractivity contribution in [1.29, 1.82) is 0 Å². The molecule has 1 N–H and O–H groups in total. The van der Waals surface area contributed by atoms with E-state index in [4.69, 9.17) is 0 Å². The van der Waals surface area contributed by atoms with Gasteiger partial charge in [0.2, 0.25) is 0 Å². The molecule has 6 nitrogen and oxygen atoms in total. The Labute approximate surface area is 152 Å². The van der Waals surface area contributed by atoms with Crippen molar-refractivity contribution in [3.05, 3.63) is 52.5 Å². The Kier molecular flexibility index (Phi) is 4.16. The minimum atomic E-state index is -4.50. The van der Waals surface area contributed by atoms with Crippen molar-refractivity contribution in [3.63, 3.8) is 0 Å². The second-order valence-corrected chi connectivity index (χ2v) is 6.68. The number of nitrogens with zero attached hydrogens (tertiary/aromatic N) is 4. The van der Waals surface area contributed by atoms with E-state index in [-0.39, 0.29) is 5.52 Å². The number of benzene rings is 1. The van der Waals surface area contributed by atoms with Crippen molar-refractivity contribution in [3.8, 4) is 0 Å². The first-order valence-corrected chi connectivity index (χ1v) is 8.73. The van der Waals surface area contributed by atoms with Gasteiger partial charge in [0, 0.05) is 24.7 Å². The molecule has 0 saturated carbocycles. The van der Waals surface area contributed by atoms with Crippen LogP contribution in [0.15, 0.2) is 35.5 Å². The van der Waals surface area contributed by atoms with Crippen LogP contribution in [0.3, 0.4) is 0 Å². The van der Waals surface area contributed by atoms with E-state index in [2.05, 4.69) is 15.0 Å². The van der Waals surface area contributed by atoms with Crippen LogP contribution in [0.1, 0.15) is 37.1 Å². The minimum absolute atomic E-state index is 0.210. The summed E-state index contributed by atoms with van der Waals surface area (Å²) in [6, 6.07) is 2.92. The van der Waals surface area contributed by atoms with Crippen LogP contribution < -0.4 is 10.6 Å². The normalized spacial score (nSPS) is 16.2. The molecule has 0 spiro atoms. The topological polar surface area (TPSA) is 66.8 Å². The van der Waals surface area contributed by atoms with Crippen LogP contribution in [-0.4, -0.2) is 32.6 Å². The van der Waals surface area contributed by atoms with Gasteiger partial charge in [0.1, 0.15) is 5.82 Å². The molecule has 1 fully saturated rings. The Balaban J connectivity index is 1.99. The minimum Gasteiger partial charge on any atom is -0.356 e. The number of fused-ring (bicyclic) bond motifs is 1. The van der Waals surface area contributed by atoms with Crippen LogP contribution >= 0.6 is 0 Å². The number of anilines is 1. The summed E-state index contributed by atoms with van der Waals surface area (Å²) in [7, 11) is 0. The Hall–Kier alpha value is -2.84. The van der Waals surface area contributed by atoms with Gasteiger partial charge in [-0.05, 0) is 38.0 Å². The molecule has 1 atom stereocenters. The predicted octanol–water partition coefficient (Wildman–Crippen LogP) is 3.35. The van der Waals surface area contributed by atoms with Crippen molar-refractivity contribution in [2.24, 2.45) is 0 Å². The average molecular weight is 377 g/mol. The molecule has 0 aliphatic carbocycles. The van der Waals surface area contributed by atoms with E-state index in [1.54, 1.807) is 13.1 Å². The molecule has 1 aliphatic rings. The van der Waals surface area contributed by atoms with Crippen molar-refractivity contribution in [2.75, 3.05) is 18.0 Å². The van der Waals surface area contributed by atoms with Gasteiger partial charge in [0.15, 0.2) is 0 Å². The molecule has 1 saturated heterocycles. The maximum absolute atomic E-state index is 13.3. The number of imidazole rings is 1. The van der Waals surface area contributed by atoms with Crippen LogP contribution in [0.4, 0.5) is 19.0 Å². The third kappa shape index (κ3) is 3.07. The first kappa shape index (κ1) is 17.6. The predicted molar refractivity (Wildman–Crippen MR) is 94.9 cm³/mol. The lowest BCUT2D eigenvalue weighted by atomic mass is 10.1. The van der Waals surface area contributed by atoms with E-state index in [0.29, 0.717) is 16.9 Å². The molecule has 1 aliphatic heterocycles. The number of nitrogens with one attached hydrogen (secondary N) is 1. The molecule has 3 heterocycles. The average Bonchev–Trinajstić information content (AvgIpc) is 3.33. The molecule has 0 unspecified atom stereocenters. The van der Waals surface area contributed by atoms with E-state index in [9.17, 15) is 18.0 Å². The molecule has 4 rings (SSSR count). The summed E-state index contributed by atoms with van der Waals surface area (Å²) >= 11 is 0. The van der Waals surface area contributed by atoms with Crippen molar-refractivity contribution in [1.82, 2.24) is 19.5 Å². The summed E-state index contributed by atoms with van der Waals surface area (Å²) in [5, 5.41) is 0.534. The third-order valence-corrected chi connectivity index (χ3v) is 4.97. The lowest BCUT2D eigenvalue weighted by Crippen LogP contribution is -2.31. The zero-order valence-electron chi connectivity index (χ0n) is 14.6. The van der Waals surface area contributed by atoms with Crippen molar-refractivity contribution < 1.29 is 13.2 Å². The van der Waals surface area contributed by atoms with Crippen LogP contribution in [0.2, 0.25) is 0 Å². The number of aromatic nitrogens is 4. The Morgan fingerprint density at radius 3 is 2.59 bits per heavy atom. The molecule has 1 aromatic carbocycles. The number of alkyl halides is 3. The van der Waals surface area contributed by atoms with Gasteiger partial charge < -0.3 is 9.88 Å². The van der Waals surface area contributed by atoms with Gasteiger partial charge in [-0.15, -0.1) is 0 Å². The number of hydrogen-bond donors (Lipinski definition) is 1. The number of H-pyrrole nitrogens is 1. The molecule has 0 radical (unpaired) electrons. The van der Waals surface area contributed by atoms with E-state index >= 15 is 0 Å². The highest BCUT2D eigenvalue weighted by molar-refractivity contribution is 5.90. The fourth-order valence-electron chi connectivity index (χ4n) is 3.58. The summed E-state index contributed by atoms with van der Waals surface area (Å²) in [6.45, 7) is 3.19. The summed E-state index contributed by atoms with van der Waals surface area (Å²) < 4.78 is 41.2. The summed E-state index contributed by atoms with van der Waals surface area (Å²) in [4.78, 5) is 25.9. The van der Waals surface area contributed by atoms with Gasteiger partial charge in [-0.3, -0.25) is 4.57 Å².